The summed E-state index contributed by atoms with van der Waals surface area (Å²) in [6, 6.07) is 0. The molecule has 0 aliphatic heterocycles. The molecule has 2 nitrogen and oxygen atoms in total. The highest BCUT2D eigenvalue weighted by molar-refractivity contribution is 7.12. The third-order valence-electron chi connectivity index (χ3n) is 3.69. The van der Waals surface area contributed by atoms with Crippen LogP contribution in [0.1, 0.15) is 49.2 Å². The van der Waals surface area contributed by atoms with Crippen molar-refractivity contribution in [3.05, 3.63) is 15.6 Å². The van der Waals surface area contributed by atoms with E-state index in [0.29, 0.717) is 5.92 Å². The summed E-state index contributed by atoms with van der Waals surface area (Å²) in [6.45, 7) is 6.53. The molecule has 1 aromatic rings. The Bertz CT molecular complexity index is 333. The van der Waals surface area contributed by atoms with Gasteiger partial charge in [-0.2, -0.15) is 0 Å². The van der Waals surface area contributed by atoms with E-state index in [1.54, 1.807) is 0 Å². The second-order valence-electron chi connectivity index (χ2n) is 4.83. The third kappa shape index (κ3) is 1.83. The Balaban J connectivity index is 2.29. The molecule has 0 spiro atoms. The van der Waals surface area contributed by atoms with Crippen LogP contribution in [0, 0.1) is 5.92 Å². The van der Waals surface area contributed by atoms with Crippen LogP contribution in [0.25, 0.3) is 0 Å². The topological polar surface area (TPSA) is 38.9 Å². The van der Waals surface area contributed by atoms with Gasteiger partial charge in [-0.05, 0) is 32.1 Å². The zero-order valence-electron chi connectivity index (χ0n) is 9.84. The van der Waals surface area contributed by atoms with Gasteiger partial charge in [0.1, 0.15) is 5.01 Å². The van der Waals surface area contributed by atoms with Crippen LogP contribution >= 0.6 is 11.3 Å². The number of fused-ring (bicyclic) bond motifs is 1. The van der Waals surface area contributed by atoms with Gasteiger partial charge in [0, 0.05) is 4.88 Å². The number of aryl methyl sites for hydroxylation is 2. The lowest BCUT2D eigenvalue weighted by molar-refractivity contribution is 0.314. The average Bonchev–Trinajstić information content (AvgIpc) is 2.75. The van der Waals surface area contributed by atoms with Crippen molar-refractivity contribution in [2.45, 2.75) is 52.0 Å². The van der Waals surface area contributed by atoms with Crippen molar-refractivity contribution < 1.29 is 0 Å². The van der Waals surface area contributed by atoms with Gasteiger partial charge in [-0.25, -0.2) is 4.98 Å². The molecule has 1 aromatic heterocycles. The molecule has 2 atom stereocenters. The minimum absolute atomic E-state index is 0.246. The number of hydrogen-bond acceptors (Lipinski definition) is 3. The third-order valence-corrected chi connectivity index (χ3v) is 5.10. The lowest BCUT2D eigenvalue weighted by atomic mass is 9.87. The SMILES string of the molecule is CCC(C)C(C)(N)c1nc2c(s1)CCC2. The molecule has 15 heavy (non-hydrogen) atoms. The van der Waals surface area contributed by atoms with Gasteiger partial charge in [0.2, 0.25) is 0 Å². The van der Waals surface area contributed by atoms with Gasteiger partial charge < -0.3 is 5.73 Å². The zero-order valence-corrected chi connectivity index (χ0v) is 10.7. The Kier molecular flexibility index (Phi) is 2.86. The van der Waals surface area contributed by atoms with E-state index in [0.717, 1.165) is 17.8 Å². The van der Waals surface area contributed by atoms with Crippen LogP contribution in [0.2, 0.25) is 0 Å². The molecular formula is C12H20N2S. The fourth-order valence-corrected chi connectivity index (χ4v) is 3.38. The first-order chi connectivity index (χ1) is 7.05. The molecule has 84 valence electrons. The van der Waals surface area contributed by atoms with E-state index in [-0.39, 0.29) is 5.54 Å². The molecule has 0 saturated heterocycles. The Morgan fingerprint density at radius 1 is 1.53 bits per heavy atom. The summed E-state index contributed by atoms with van der Waals surface area (Å²) in [4.78, 5) is 6.20. The maximum Gasteiger partial charge on any atom is 0.113 e. The Morgan fingerprint density at radius 2 is 2.27 bits per heavy atom. The van der Waals surface area contributed by atoms with Gasteiger partial charge >= 0.3 is 0 Å². The highest BCUT2D eigenvalue weighted by Crippen LogP contribution is 2.36. The first kappa shape index (κ1) is 11.1. The van der Waals surface area contributed by atoms with Crippen LogP contribution in [0.15, 0.2) is 0 Å². The Labute approximate surface area is 95.9 Å². The highest BCUT2D eigenvalue weighted by Gasteiger charge is 2.32. The number of nitrogens with zero attached hydrogens (tertiary/aromatic N) is 1. The van der Waals surface area contributed by atoms with Crippen LogP contribution in [0.3, 0.4) is 0 Å². The van der Waals surface area contributed by atoms with Crippen LogP contribution in [-0.2, 0) is 18.4 Å². The summed E-state index contributed by atoms with van der Waals surface area (Å²) < 4.78 is 0. The monoisotopic (exact) mass is 224 g/mol. The van der Waals surface area contributed by atoms with Crippen LogP contribution in [0.5, 0.6) is 0 Å². The lowest BCUT2D eigenvalue weighted by Crippen LogP contribution is -2.39. The molecular weight excluding hydrogens is 204 g/mol. The number of nitrogens with two attached hydrogens (primary N) is 1. The van der Waals surface area contributed by atoms with Crippen LogP contribution in [0.4, 0.5) is 0 Å². The van der Waals surface area contributed by atoms with Crippen molar-refractivity contribution in [1.82, 2.24) is 4.98 Å². The average molecular weight is 224 g/mol. The standard InChI is InChI=1S/C12H20N2S/c1-4-8(2)12(3,13)11-14-9-6-5-7-10(9)15-11/h8H,4-7,13H2,1-3H3. The predicted molar refractivity (Wildman–Crippen MR) is 65.1 cm³/mol. The molecule has 0 bridgehead atoms. The van der Waals surface area contributed by atoms with Gasteiger partial charge in [0.05, 0.1) is 11.2 Å². The molecule has 2 unspecified atom stereocenters. The van der Waals surface area contributed by atoms with Crippen molar-refractivity contribution >= 4 is 11.3 Å². The molecule has 1 aliphatic rings. The Morgan fingerprint density at radius 3 is 2.87 bits per heavy atom. The summed E-state index contributed by atoms with van der Waals surface area (Å²) in [6.07, 6.45) is 4.75. The van der Waals surface area contributed by atoms with Crippen molar-refractivity contribution in [3.8, 4) is 0 Å². The molecule has 0 fully saturated rings. The number of rotatable bonds is 3. The zero-order chi connectivity index (χ0) is 11.1. The Hall–Kier alpha value is -0.410. The van der Waals surface area contributed by atoms with E-state index in [9.17, 15) is 0 Å². The molecule has 1 heterocycles. The summed E-state index contributed by atoms with van der Waals surface area (Å²) >= 11 is 1.84. The summed E-state index contributed by atoms with van der Waals surface area (Å²) in [5, 5.41) is 1.14. The van der Waals surface area contributed by atoms with Gasteiger partial charge in [0.25, 0.3) is 0 Å². The minimum Gasteiger partial charge on any atom is -0.319 e. The van der Waals surface area contributed by atoms with Gasteiger partial charge in [-0.3, -0.25) is 0 Å². The molecule has 2 rings (SSSR count). The first-order valence-corrected chi connectivity index (χ1v) is 6.65. The van der Waals surface area contributed by atoms with Crippen molar-refractivity contribution in [2.75, 3.05) is 0 Å². The largest absolute Gasteiger partial charge is 0.319 e. The molecule has 0 amide bonds. The van der Waals surface area contributed by atoms with E-state index in [4.69, 9.17) is 10.7 Å². The van der Waals surface area contributed by atoms with E-state index in [1.807, 2.05) is 11.3 Å². The van der Waals surface area contributed by atoms with Gasteiger partial charge in [-0.15, -0.1) is 11.3 Å². The second-order valence-corrected chi connectivity index (χ2v) is 5.92. The molecule has 0 aromatic carbocycles. The maximum absolute atomic E-state index is 6.40. The fraction of sp³-hybridized carbons (Fsp3) is 0.750. The van der Waals surface area contributed by atoms with E-state index < -0.39 is 0 Å². The minimum atomic E-state index is -0.246. The van der Waals surface area contributed by atoms with Crippen molar-refractivity contribution in [2.24, 2.45) is 11.7 Å². The fourth-order valence-electron chi connectivity index (χ4n) is 2.06. The summed E-state index contributed by atoms with van der Waals surface area (Å²) in [5.41, 5.74) is 7.47. The van der Waals surface area contributed by atoms with Crippen LogP contribution < -0.4 is 5.73 Å². The second kappa shape index (κ2) is 3.87. The highest BCUT2D eigenvalue weighted by atomic mass is 32.1. The summed E-state index contributed by atoms with van der Waals surface area (Å²) in [5.74, 6) is 0.490. The molecule has 0 saturated carbocycles. The first-order valence-electron chi connectivity index (χ1n) is 5.83. The van der Waals surface area contributed by atoms with Crippen LogP contribution in [-0.4, -0.2) is 4.98 Å². The van der Waals surface area contributed by atoms with E-state index >= 15 is 0 Å². The van der Waals surface area contributed by atoms with Gasteiger partial charge in [0.15, 0.2) is 0 Å². The normalized spacial score (nSPS) is 21.1. The molecule has 2 N–H and O–H groups in total. The number of hydrogen-bond donors (Lipinski definition) is 1. The smallest absolute Gasteiger partial charge is 0.113 e. The summed E-state index contributed by atoms with van der Waals surface area (Å²) in [7, 11) is 0. The molecule has 1 aliphatic carbocycles. The molecule has 0 radical (unpaired) electrons. The maximum atomic E-state index is 6.40. The van der Waals surface area contributed by atoms with Gasteiger partial charge in [-0.1, -0.05) is 20.3 Å². The number of aromatic nitrogens is 1. The quantitative estimate of drug-likeness (QED) is 0.857. The predicted octanol–water partition coefficient (Wildman–Crippen LogP) is 2.85. The van der Waals surface area contributed by atoms with Crippen molar-refractivity contribution in [1.29, 1.82) is 0 Å². The lowest BCUT2D eigenvalue weighted by Gasteiger charge is -2.28. The van der Waals surface area contributed by atoms with Crippen molar-refractivity contribution in [3.63, 3.8) is 0 Å². The van der Waals surface area contributed by atoms with E-state index in [2.05, 4.69) is 20.8 Å². The number of thiazole rings is 1. The molecule has 3 heteroatoms. The van der Waals surface area contributed by atoms with E-state index in [1.165, 1.54) is 23.4 Å².